The van der Waals surface area contributed by atoms with E-state index in [0.717, 1.165) is 35.9 Å². The van der Waals surface area contributed by atoms with Gasteiger partial charge in [0.2, 0.25) is 5.91 Å². The van der Waals surface area contributed by atoms with Crippen molar-refractivity contribution in [1.29, 1.82) is 0 Å². The minimum Gasteiger partial charge on any atom is -0.353 e. The second-order valence-corrected chi connectivity index (χ2v) is 6.23. The van der Waals surface area contributed by atoms with Crippen LogP contribution in [0, 0.1) is 0 Å². The molecule has 0 saturated heterocycles. The Bertz CT molecular complexity index is 623. The summed E-state index contributed by atoms with van der Waals surface area (Å²) >= 11 is 1.44. The first-order chi connectivity index (χ1) is 11.2. The smallest absolute Gasteiger partial charge is 0.230 e. The van der Waals surface area contributed by atoms with Crippen molar-refractivity contribution < 1.29 is 4.79 Å². The van der Waals surface area contributed by atoms with Crippen LogP contribution in [-0.4, -0.2) is 32.5 Å². The van der Waals surface area contributed by atoms with Crippen LogP contribution in [0.4, 0.5) is 0 Å². The van der Waals surface area contributed by atoms with Crippen molar-refractivity contribution in [3.05, 3.63) is 30.3 Å². The summed E-state index contributed by atoms with van der Waals surface area (Å²) in [6.07, 6.45) is 1.91. The first-order valence-corrected chi connectivity index (χ1v) is 9.08. The van der Waals surface area contributed by atoms with Crippen molar-refractivity contribution >= 4 is 17.7 Å². The molecular weight excluding hydrogens is 308 g/mol. The number of amides is 1. The number of nitrogens with one attached hydrogen (secondary N) is 1. The summed E-state index contributed by atoms with van der Waals surface area (Å²) in [7, 11) is 0. The zero-order chi connectivity index (χ0) is 16.7. The fourth-order valence-electron chi connectivity index (χ4n) is 2.37. The second-order valence-electron chi connectivity index (χ2n) is 5.29. The minimum atomic E-state index is 0.0515. The number of rotatable bonds is 8. The molecule has 23 heavy (non-hydrogen) atoms. The number of carbonyl (C=O) groups excluding carboxylic acids is 1. The zero-order valence-corrected chi connectivity index (χ0v) is 14.8. The van der Waals surface area contributed by atoms with Crippen LogP contribution < -0.4 is 5.32 Å². The Morgan fingerprint density at radius 2 is 1.87 bits per heavy atom. The molecule has 0 aliphatic rings. The van der Waals surface area contributed by atoms with Gasteiger partial charge in [0.25, 0.3) is 0 Å². The maximum Gasteiger partial charge on any atom is 0.230 e. The number of hydrogen-bond acceptors (Lipinski definition) is 4. The fourth-order valence-corrected chi connectivity index (χ4v) is 3.19. The molecule has 6 heteroatoms. The summed E-state index contributed by atoms with van der Waals surface area (Å²) in [5, 5.41) is 12.4. The highest BCUT2D eigenvalue weighted by molar-refractivity contribution is 7.99. The molecule has 0 aliphatic carbocycles. The molecule has 5 nitrogen and oxygen atoms in total. The average molecular weight is 332 g/mol. The van der Waals surface area contributed by atoms with Gasteiger partial charge < -0.3 is 9.88 Å². The van der Waals surface area contributed by atoms with Gasteiger partial charge in [-0.25, -0.2) is 0 Å². The van der Waals surface area contributed by atoms with Crippen LogP contribution in [0.2, 0.25) is 0 Å². The molecule has 0 fully saturated rings. The molecule has 124 valence electrons. The normalized spacial score (nSPS) is 11.0. The molecule has 0 atom stereocenters. The molecular formula is C17H24N4OS. The summed E-state index contributed by atoms with van der Waals surface area (Å²) < 4.78 is 2.05. The lowest BCUT2D eigenvalue weighted by Crippen LogP contribution is -2.35. The van der Waals surface area contributed by atoms with Crippen molar-refractivity contribution in [2.45, 2.75) is 51.4 Å². The number of carbonyl (C=O) groups is 1. The van der Waals surface area contributed by atoms with Gasteiger partial charge in [0.1, 0.15) is 0 Å². The molecule has 1 N–H and O–H groups in total. The molecule has 0 bridgehead atoms. The highest BCUT2D eigenvalue weighted by Gasteiger charge is 2.15. The van der Waals surface area contributed by atoms with Crippen LogP contribution in [0.15, 0.2) is 35.5 Å². The quantitative estimate of drug-likeness (QED) is 0.753. The first-order valence-electron chi connectivity index (χ1n) is 8.10. The SMILES string of the molecule is CCC(CC)NC(=O)CSc1nnc(-c2ccccc2)n1CC. The van der Waals surface area contributed by atoms with Crippen LogP contribution >= 0.6 is 11.8 Å². The predicted molar refractivity (Wildman–Crippen MR) is 94.4 cm³/mol. The Labute approximate surface area is 141 Å². The maximum atomic E-state index is 12.0. The molecule has 0 radical (unpaired) electrons. The number of hydrogen-bond donors (Lipinski definition) is 1. The van der Waals surface area contributed by atoms with Crippen LogP contribution in [0.1, 0.15) is 33.6 Å². The van der Waals surface area contributed by atoms with Gasteiger partial charge >= 0.3 is 0 Å². The van der Waals surface area contributed by atoms with E-state index in [0.29, 0.717) is 5.75 Å². The zero-order valence-electron chi connectivity index (χ0n) is 14.0. The van der Waals surface area contributed by atoms with Gasteiger partial charge in [-0.1, -0.05) is 55.9 Å². The van der Waals surface area contributed by atoms with Crippen molar-refractivity contribution in [3.8, 4) is 11.4 Å². The maximum absolute atomic E-state index is 12.0. The van der Waals surface area contributed by atoms with Gasteiger partial charge in [-0.3, -0.25) is 4.79 Å². The van der Waals surface area contributed by atoms with Gasteiger partial charge in [0.15, 0.2) is 11.0 Å². The summed E-state index contributed by atoms with van der Waals surface area (Å²) in [6.45, 7) is 7.00. The molecule has 0 saturated carbocycles. The Morgan fingerprint density at radius 3 is 2.48 bits per heavy atom. The highest BCUT2D eigenvalue weighted by Crippen LogP contribution is 2.23. The average Bonchev–Trinajstić information content (AvgIpc) is 3.01. The predicted octanol–water partition coefficient (Wildman–Crippen LogP) is 3.36. The number of nitrogens with zero attached hydrogens (tertiary/aromatic N) is 3. The molecule has 1 aromatic carbocycles. The molecule has 1 aromatic heterocycles. The topological polar surface area (TPSA) is 59.8 Å². The lowest BCUT2D eigenvalue weighted by Gasteiger charge is -2.14. The van der Waals surface area contributed by atoms with E-state index in [2.05, 4.69) is 36.3 Å². The Kier molecular flexibility index (Phi) is 6.65. The Hall–Kier alpha value is -1.82. The Morgan fingerprint density at radius 1 is 1.17 bits per heavy atom. The summed E-state index contributed by atoms with van der Waals surface area (Å²) in [5.74, 6) is 1.26. The van der Waals surface area contributed by atoms with Crippen molar-refractivity contribution in [3.63, 3.8) is 0 Å². The van der Waals surface area contributed by atoms with Gasteiger partial charge in [-0.2, -0.15) is 0 Å². The molecule has 2 aromatic rings. The summed E-state index contributed by atoms with van der Waals surface area (Å²) in [4.78, 5) is 12.0. The third-order valence-corrected chi connectivity index (χ3v) is 4.71. The standard InChI is InChI=1S/C17H24N4OS/c1-4-14(5-2)18-15(22)12-23-17-20-19-16(21(17)6-3)13-10-8-7-9-11-13/h7-11,14H,4-6,12H2,1-3H3,(H,18,22). The summed E-state index contributed by atoms with van der Waals surface area (Å²) in [6, 6.07) is 10.2. The largest absolute Gasteiger partial charge is 0.353 e. The van der Waals surface area contributed by atoms with Crippen LogP contribution in [0.5, 0.6) is 0 Å². The first kappa shape index (κ1) is 17.5. The number of aromatic nitrogens is 3. The van der Waals surface area contributed by atoms with Crippen LogP contribution in [0.3, 0.4) is 0 Å². The number of benzene rings is 1. The van der Waals surface area contributed by atoms with Crippen molar-refractivity contribution in [2.24, 2.45) is 0 Å². The van der Waals surface area contributed by atoms with E-state index in [-0.39, 0.29) is 11.9 Å². The lowest BCUT2D eigenvalue weighted by atomic mass is 10.2. The van der Waals surface area contributed by atoms with Crippen LogP contribution in [0.25, 0.3) is 11.4 Å². The Balaban J connectivity index is 2.04. The molecule has 0 unspecified atom stereocenters. The van der Waals surface area contributed by atoms with E-state index in [1.54, 1.807) is 0 Å². The fraction of sp³-hybridized carbons (Fsp3) is 0.471. The highest BCUT2D eigenvalue weighted by atomic mass is 32.2. The molecule has 1 amide bonds. The van der Waals surface area contributed by atoms with Gasteiger partial charge in [0.05, 0.1) is 5.75 Å². The third kappa shape index (κ3) is 4.58. The monoisotopic (exact) mass is 332 g/mol. The number of thioether (sulfide) groups is 1. The molecule has 1 heterocycles. The van der Waals surface area contributed by atoms with E-state index in [9.17, 15) is 4.79 Å². The molecule has 0 spiro atoms. The van der Waals surface area contributed by atoms with Gasteiger partial charge in [-0.15, -0.1) is 10.2 Å². The van der Waals surface area contributed by atoms with E-state index >= 15 is 0 Å². The van der Waals surface area contributed by atoms with E-state index < -0.39 is 0 Å². The molecule has 2 rings (SSSR count). The van der Waals surface area contributed by atoms with Gasteiger partial charge in [0, 0.05) is 18.2 Å². The van der Waals surface area contributed by atoms with E-state index in [1.165, 1.54) is 11.8 Å². The summed E-state index contributed by atoms with van der Waals surface area (Å²) in [5.41, 5.74) is 1.04. The lowest BCUT2D eigenvalue weighted by molar-refractivity contribution is -0.119. The van der Waals surface area contributed by atoms with Crippen LogP contribution in [-0.2, 0) is 11.3 Å². The van der Waals surface area contributed by atoms with Crippen molar-refractivity contribution in [1.82, 2.24) is 20.1 Å². The molecule has 0 aliphatic heterocycles. The second kappa shape index (κ2) is 8.72. The third-order valence-electron chi connectivity index (χ3n) is 3.75. The minimum absolute atomic E-state index is 0.0515. The van der Waals surface area contributed by atoms with Crippen molar-refractivity contribution in [2.75, 3.05) is 5.75 Å². The van der Waals surface area contributed by atoms with Gasteiger partial charge in [-0.05, 0) is 19.8 Å². The van der Waals surface area contributed by atoms with E-state index in [4.69, 9.17) is 0 Å². The van der Waals surface area contributed by atoms with E-state index in [1.807, 2.05) is 34.9 Å².